The Labute approximate surface area is 131 Å². The number of sulfone groups is 1. The third-order valence-electron chi connectivity index (χ3n) is 4.35. The first-order chi connectivity index (χ1) is 10.3. The zero-order valence-corrected chi connectivity index (χ0v) is 13.8. The van der Waals surface area contributed by atoms with Crippen molar-refractivity contribution in [3.05, 3.63) is 35.4 Å². The fraction of sp³-hybridized carbons (Fsp3) is 0.625. The molecule has 0 unspecified atom stereocenters. The van der Waals surface area contributed by atoms with Crippen LogP contribution in [0.15, 0.2) is 18.2 Å². The average molecular weight is 331 g/mol. The Morgan fingerprint density at radius 2 is 2.00 bits per heavy atom. The van der Waals surface area contributed by atoms with E-state index in [4.69, 9.17) is 0 Å². The Balaban J connectivity index is 1.87. The van der Waals surface area contributed by atoms with Gasteiger partial charge in [-0.2, -0.15) is 0 Å². The van der Waals surface area contributed by atoms with Gasteiger partial charge in [-0.3, -0.25) is 0 Å². The maximum atomic E-state index is 13.2. The number of hydrogen-bond donors (Lipinski definition) is 1. The smallest absolute Gasteiger partial charge is 0.159 e. The normalized spacial score (nSPS) is 23.6. The van der Waals surface area contributed by atoms with E-state index in [1.165, 1.54) is 12.3 Å². The molecule has 2 rings (SSSR count). The summed E-state index contributed by atoms with van der Waals surface area (Å²) in [6.45, 7) is 2.00. The van der Waals surface area contributed by atoms with Crippen molar-refractivity contribution in [1.29, 1.82) is 0 Å². The second-order valence-corrected chi connectivity index (χ2v) is 8.52. The maximum Gasteiger partial charge on any atom is 0.159 e. The van der Waals surface area contributed by atoms with Gasteiger partial charge in [-0.15, -0.1) is 0 Å². The van der Waals surface area contributed by atoms with Gasteiger partial charge in [0.15, 0.2) is 21.5 Å². The minimum absolute atomic E-state index is 0.00467. The fourth-order valence-electron chi connectivity index (χ4n) is 3.16. The molecule has 1 N–H and O–H groups in total. The van der Waals surface area contributed by atoms with E-state index >= 15 is 0 Å². The van der Waals surface area contributed by atoms with Crippen LogP contribution in [0, 0.1) is 11.6 Å². The van der Waals surface area contributed by atoms with Gasteiger partial charge in [-0.25, -0.2) is 17.2 Å². The summed E-state index contributed by atoms with van der Waals surface area (Å²) in [5, 5.41) is 3.08. The number of aryl methyl sites for hydroxylation is 1. The minimum atomic E-state index is -3.03. The van der Waals surface area contributed by atoms with E-state index in [1.807, 2.05) is 6.92 Å². The molecule has 1 aromatic rings. The Morgan fingerprint density at radius 1 is 1.27 bits per heavy atom. The first-order valence-electron chi connectivity index (χ1n) is 7.66. The highest BCUT2D eigenvalue weighted by Crippen LogP contribution is 2.25. The molecule has 6 heteroatoms. The van der Waals surface area contributed by atoms with Crippen LogP contribution in [0.5, 0.6) is 0 Å². The maximum absolute atomic E-state index is 13.2. The molecule has 1 fully saturated rings. The van der Waals surface area contributed by atoms with Gasteiger partial charge >= 0.3 is 0 Å². The van der Waals surface area contributed by atoms with Gasteiger partial charge in [-0.05, 0) is 50.3 Å². The molecule has 0 bridgehead atoms. The van der Waals surface area contributed by atoms with Gasteiger partial charge in [0.25, 0.3) is 0 Å². The third-order valence-corrected chi connectivity index (χ3v) is 6.02. The van der Waals surface area contributed by atoms with Crippen molar-refractivity contribution < 1.29 is 17.2 Å². The van der Waals surface area contributed by atoms with Crippen LogP contribution < -0.4 is 5.32 Å². The summed E-state index contributed by atoms with van der Waals surface area (Å²) in [7, 11) is -3.03. The van der Waals surface area contributed by atoms with E-state index in [-0.39, 0.29) is 17.3 Å². The van der Waals surface area contributed by atoms with Crippen LogP contribution in [0.4, 0.5) is 8.78 Å². The molecule has 1 saturated carbocycles. The molecule has 3 nitrogen and oxygen atoms in total. The van der Waals surface area contributed by atoms with Crippen molar-refractivity contribution in [2.45, 2.75) is 56.4 Å². The van der Waals surface area contributed by atoms with Crippen LogP contribution >= 0.6 is 0 Å². The monoisotopic (exact) mass is 331 g/mol. The molecule has 0 spiro atoms. The highest BCUT2D eigenvalue weighted by Gasteiger charge is 2.35. The molecule has 0 radical (unpaired) electrons. The van der Waals surface area contributed by atoms with Crippen molar-refractivity contribution in [1.82, 2.24) is 5.32 Å². The van der Waals surface area contributed by atoms with Gasteiger partial charge in [0.1, 0.15) is 0 Å². The summed E-state index contributed by atoms with van der Waals surface area (Å²) in [6, 6.07) is 4.06. The lowest BCUT2D eigenvalue weighted by atomic mass is 10.0. The molecule has 124 valence electrons. The number of nitrogens with one attached hydrogen (secondary N) is 1. The van der Waals surface area contributed by atoms with Crippen LogP contribution in [-0.2, 0) is 16.3 Å². The predicted octanol–water partition coefficient (Wildman–Crippen LogP) is 2.84. The Morgan fingerprint density at radius 3 is 2.64 bits per heavy atom. The fourth-order valence-corrected chi connectivity index (χ4v) is 4.56. The number of hydrogen-bond acceptors (Lipinski definition) is 3. The van der Waals surface area contributed by atoms with Crippen molar-refractivity contribution in [2.75, 3.05) is 6.26 Å². The van der Waals surface area contributed by atoms with E-state index in [1.54, 1.807) is 6.07 Å². The lowest BCUT2D eigenvalue weighted by molar-refractivity contribution is 0.428. The first kappa shape index (κ1) is 17.3. The minimum Gasteiger partial charge on any atom is -0.310 e. The molecule has 0 heterocycles. The van der Waals surface area contributed by atoms with E-state index in [0.29, 0.717) is 12.8 Å². The van der Waals surface area contributed by atoms with Crippen molar-refractivity contribution in [3.8, 4) is 0 Å². The SMILES string of the molecule is C[C@H](CCc1ccc(F)c(F)c1)N[C@H]1CCC[C@H]1S(C)(=O)=O. The van der Waals surface area contributed by atoms with Crippen LogP contribution in [-0.4, -0.2) is 32.0 Å². The summed E-state index contributed by atoms with van der Waals surface area (Å²) in [5.74, 6) is -1.66. The van der Waals surface area contributed by atoms with Crippen LogP contribution in [0.2, 0.25) is 0 Å². The third kappa shape index (κ3) is 4.49. The average Bonchev–Trinajstić information content (AvgIpc) is 2.88. The molecule has 1 aliphatic carbocycles. The standard InChI is InChI=1S/C16H23F2NO2S/c1-11(6-7-12-8-9-13(17)14(18)10-12)19-15-4-3-5-16(15)22(2,20)21/h8-11,15-16,19H,3-7H2,1-2H3/t11-,15+,16-/m1/s1. The predicted molar refractivity (Wildman–Crippen MR) is 83.5 cm³/mol. The number of benzene rings is 1. The lowest BCUT2D eigenvalue weighted by Gasteiger charge is -2.24. The summed E-state index contributed by atoms with van der Waals surface area (Å²) in [6.07, 6.45) is 5.17. The number of halogens is 2. The molecular formula is C16H23F2NO2S. The van der Waals surface area contributed by atoms with E-state index < -0.39 is 21.5 Å². The quantitative estimate of drug-likeness (QED) is 0.872. The largest absolute Gasteiger partial charge is 0.310 e. The molecule has 0 aliphatic heterocycles. The summed E-state index contributed by atoms with van der Waals surface area (Å²) < 4.78 is 49.5. The molecule has 0 amide bonds. The van der Waals surface area contributed by atoms with E-state index in [2.05, 4.69) is 5.32 Å². The molecule has 22 heavy (non-hydrogen) atoms. The molecule has 0 saturated heterocycles. The lowest BCUT2D eigenvalue weighted by Crippen LogP contribution is -2.44. The highest BCUT2D eigenvalue weighted by molar-refractivity contribution is 7.91. The van der Waals surface area contributed by atoms with E-state index in [9.17, 15) is 17.2 Å². The zero-order valence-electron chi connectivity index (χ0n) is 13.0. The Kier molecular flexibility index (Phi) is 5.55. The van der Waals surface area contributed by atoms with Crippen molar-refractivity contribution in [2.24, 2.45) is 0 Å². The molecule has 1 aromatic carbocycles. The molecule has 1 aliphatic rings. The van der Waals surface area contributed by atoms with E-state index in [0.717, 1.165) is 30.9 Å². The zero-order chi connectivity index (χ0) is 16.3. The highest BCUT2D eigenvalue weighted by atomic mass is 32.2. The molecule has 0 aromatic heterocycles. The summed E-state index contributed by atoms with van der Waals surface area (Å²) in [5.41, 5.74) is 0.749. The summed E-state index contributed by atoms with van der Waals surface area (Å²) in [4.78, 5) is 0. The van der Waals surface area contributed by atoms with Gasteiger partial charge in [0.05, 0.1) is 5.25 Å². The number of rotatable bonds is 6. The Hall–Kier alpha value is -1.01. The van der Waals surface area contributed by atoms with Gasteiger partial charge in [0, 0.05) is 18.3 Å². The van der Waals surface area contributed by atoms with Gasteiger partial charge in [0.2, 0.25) is 0 Å². The van der Waals surface area contributed by atoms with Crippen LogP contribution in [0.3, 0.4) is 0 Å². The van der Waals surface area contributed by atoms with Crippen LogP contribution in [0.25, 0.3) is 0 Å². The molecule has 3 atom stereocenters. The van der Waals surface area contributed by atoms with Gasteiger partial charge in [-0.1, -0.05) is 12.5 Å². The summed E-state index contributed by atoms with van der Waals surface area (Å²) >= 11 is 0. The van der Waals surface area contributed by atoms with Gasteiger partial charge < -0.3 is 5.32 Å². The molecular weight excluding hydrogens is 308 g/mol. The second kappa shape index (κ2) is 7.04. The Bertz CT molecular complexity index is 619. The van der Waals surface area contributed by atoms with Crippen LogP contribution in [0.1, 0.15) is 38.2 Å². The first-order valence-corrected chi connectivity index (χ1v) is 9.61. The van der Waals surface area contributed by atoms with Crippen molar-refractivity contribution >= 4 is 9.84 Å². The topological polar surface area (TPSA) is 46.2 Å². The van der Waals surface area contributed by atoms with Crippen molar-refractivity contribution in [3.63, 3.8) is 0 Å². The second-order valence-electron chi connectivity index (χ2n) is 6.26.